The number of hydrogen-bond donors (Lipinski definition) is 2. The van der Waals surface area contributed by atoms with Crippen molar-refractivity contribution < 1.29 is 13.5 Å². The molecular weight excluding hydrogens is 226 g/mol. The van der Waals surface area contributed by atoms with Crippen LogP contribution >= 0.6 is 0 Å². The van der Waals surface area contributed by atoms with Crippen LogP contribution in [0.3, 0.4) is 0 Å². The third-order valence-electron chi connectivity index (χ3n) is 3.36. The molecule has 17 heavy (non-hydrogen) atoms. The van der Waals surface area contributed by atoms with E-state index in [1.807, 2.05) is 0 Å². The van der Waals surface area contributed by atoms with Gasteiger partial charge in [0, 0.05) is 23.6 Å². The molecule has 3 N–H and O–H groups in total. The van der Waals surface area contributed by atoms with Crippen LogP contribution in [0.5, 0.6) is 0 Å². The Kier molecular flexibility index (Phi) is 3.42. The van der Waals surface area contributed by atoms with Gasteiger partial charge in [0.25, 0.3) is 0 Å². The van der Waals surface area contributed by atoms with Gasteiger partial charge in [-0.05, 0) is 25.2 Å². The van der Waals surface area contributed by atoms with E-state index >= 15 is 0 Å². The van der Waals surface area contributed by atoms with Crippen molar-refractivity contribution in [1.82, 2.24) is 5.32 Å². The highest BCUT2D eigenvalue weighted by Gasteiger charge is 2.45. The van der Waals surface area contributed by atoms with E-state index < -0.39 is 11.6 Å². The van der Waals surface area contributed by atoms with Crippen molar-refractivity contribution in [2.45, 2.75) is 6.04 Å². The standard InChI is InChI=1S/C12H16F2N2O/c1-16-11(12(5-15)6-17-7-12)9-4-8(13)2-3-10(9)14/h2-4,11,16H,5-7,15H2,1H3. The highest BCUT2D eigenvalue weighted by molar-refractivity contribution is 5.25. The van der Waals surface area contributed by atoms with E-state index in [2.05, 4.69) is 5.32 Å². The lowest BCUT2D eigenvalue weighted by Crippen LogP contribution is -2.55. The Morgan fingerprint density at radius 2 is 2.18 bits per heavy atom. The van der Waals surface area contributed by atoms with E-state index in [0.717, 1.165) is 12.1 Å². The van der Waals surface area contributed by atoms with Crippen molar-refractivity contribution in [3.8, 4) is 0 Å². The Morgan fingerprint density at radius 3 is 2.65 bits per heavy atom. The first-order valence-electron chi connectivity index (χ1n) is 5.53. The van der Waals surface area contributed by atoms with Crippen LogP contribution in [0.4, 0.5) is 8.78 Å². The van der Waals surface area contributed by atoms with Gasteiger partial charge in [0.05, 0.1) is 13.2 Å². The molecule has 0 radical (unpaired) electrons. The number of nitrogens with one attached hydrogen (secondary N) is 1. The maximum atomic E-state index is 13.7. The molecule has 5 heteroatoms. The van der Waals surface area contributed by atoms with Crippen LogP contribution in [0.25, 0.3) is 0 Å². The summed E-state index contributed by atoms with van der Waals surface area (Å²) in [7, 11) is 1.71. The summed E-state index contributed by atoms with van der Waals surface area (Å²) in [6.07, 6.45) is 0. The maximum absolute atomic E-state index is 13.7. The number of nitrogens with two attached hydrogens (primary N) is 1. The van der Waals surface area contributed by atoms with E-state index in [9.17, 15) is 8.78 Å². The van der Waals surface area contributed by atoms with E-state index in [-0.39, 0.29) is 11.5 Å². The van der Waals surface area contributed by atoms with Crippen molar-refractivity contribution in [1.29, 1.82) is 0 Å². The first-order chi connectivity index (χ1) is 8.13. The van der Waals surface area contributed by atoms with Gasteiger partial charge >= 0.3 is 0 Å². The van der Waals surface area contributed by atoms with Gasteiger partial charge in [0.1, 0.15) is 11.6 Å². The Labute approximate surface area is 98.9 Å². The van der Waals surface area contributed by atoms with Crippen LogP contribution in [-0.2, 0) is 4.74 Å². The Balaban J connectivity index is 2.37. The van der Waals surface area contributed by atoms with E-state index in [1.165, 1.54) is 6.07 Å². The predicted octanol–water partition coefficient (Wildman–Crippen LogP) is 1.20. The molecule has 0 spiro atoms. The average Bonchev–Trinajstić information content (AvgIpc) is 2.27. The van der Waals surface area contributed by atoms with Gasteiger partial charge in [-0.25, -0.2) is 8.78 Å². The Morgan fingerprint density at radius 1 is 1.47 bits per heavy atom. The highest BCUT2D eigenvalue weighted by atomic mass is 19.1. The van der Waals surface area contributed by atoms with Crippen LogP contribution in [-0.4, -0.2) is 26.8 Å². The average molecular weight is 242 g/mol. The van der Waals surface area contributed by atoms with Crippen LogP contribution in [0, 0.1) is 17.0 Å². The molecule has 0 saturated carbocycles. The van der Waals surface area contributed by atoms with Gasteiger partial charge in [-0.15, -0.1) is 0 Å². The normalized spacial score (nSPS) is 19.8. The van der Waals surface area contributed by atoms with Crippen molar-refractivity contribution in [2.24, 2.45) is 11.1 Å². The molecule has 0 amide bonds. The summed E-state index contributed by atoms with van der Waals surface area (Å²) in [4.78, 5) is 0. The fraction of sp³-hybridized carbons (Fsp3) is 0.500. The first kappa shape index (κ1) is 12.4. The molecule has 1 aliphatic heterocycles. The number of ether oxygens (including phenoxy) is 1. The summed E-state index contributed by atoms with van der Waals surface area (Å²) < 4.78 is 32.1. The Bertz CT molecular complexity index is 402. The fourth-order valence-electron chi connectivity index (χ4n) is 2.29. The molecule has 1 aromatic rings. The fourth-order valence-corrected chi connectivity index (χ4v) is 2.29. The molecule has 0 aliphatic carbocycles. The first-order valence-corrected chi connectivity index (χ1v) is 5.53. The summed E-state index contributed by atoms with van der Waals surface area (Å²) >= 11 is 0. The lowest BCUT2D eigenvalue weighted by atomic mass is 9.75. The molecule has 0 aromatic heterocycles. The smallest absolute Gasteiger partial charge is 0.128 e. The summed E-state index contributed by atoms with van der Waals surface area (Å²) in [6, 6.07) is 3.13. The van der Waals surface area contributed by atoms with Crippen LogP contribution < -0.4 is 11.1 Å². The Hall–Kier alpha value is -1.04. The van der Waals surface area contributed by atoms with Crippen LogP contribution in [0.15, 0.2) is 18.2 Å². The second-order valence-corrected chi connectivity index (χ2v) is 4.45. The number of rotatable bonds is 4. The van der Waals surface area contributed by atoms with E-state index in [1.54, 1.807) is 7.05 Å². The molecule has 1 saturated heterocycles. The summed E-state index contributed by atoms with van der Waals surface area (Å²) in [6.45, 7) is 1.30. The van der Waals surface area contributed by atoms with Gasteiger partial charge in [-0.2, -0.15) is 0 Å². The molecule has 1 heterocycles. The third-order valence-corrected chi connectivity index (χ3v) is 3.36. The lowest BCUT2D eigenvalue weighted by molar-refractivity contribution is -0.127. The number of benzene rings is 1. The van der Waals surface area contributed by atoms with E-state index in [4.69, 9.17) is 10.5 Å². The highest BCUT2D eigenvalue weighted by Crippen LogP contribution is 2.40. The second kappa shape index (κ2) is 4.68. The molecular formula is C12H16F2N2O. The monoisotopic (exact) mass is 242 g/mol. The quantitative estimate of drug-likeness (QED) is 0.834. The molecule has 3 nitrogen and oxygen atoms in total. The molecule has 2 rings (SSSR count). The van der Waals surface area contributed by atoms with Crippen molar-refractivity contribution in [2.75, 3.05) is 26.8 Å². The largest absolute Gasteiger partial charge is 0.380 e. The zero-order chi connectivity index (χ0) is 12.5. The van der Waals surface area contributed by atoms with Crippen molar-refractivity contribution in [3.05, 3.63) is 35.4 Å². The molecule has 1 aliphatic rings. The summed E-state index contributed by atoms with van der Waals surface area (Å²) in [5, 5.41) is 3.01. The zero-order valence-corrected chi connectivity index (χ0v) is 9.67. The van der Waals surface area contributed by atoms with Crippen LogP contribution in [0.2, 0.25) is 0 Å². The molecule has 94 valence electrons. The minimum atomic E-state index is -0.450. The van der Waals surface area contributed by atoms with Gasteiger partial charge in [0.2, 0.25) is 0 Å². The van der Waals surface area contributed by atoms with Crippen molar-refractivity contribution >= 4 is 0 Å². The summed E-state index contributed by atoms with van der Waals surface area (Å²) in [5.41, 5.74) is 5.70. The van der Waals surface area contributed by atoms with Gasteiger partial charge in [0.15, 0.2) is 0 Å². The SMILES string of the molecule is CNC(c1cc(F)ccc1F)C1(CN)COC1. The molecule has 1 aromatic carbocycles. The van der Waals surface area contributed by atoms with Gasteiger partial charge in [-0.3, -0.25) is 0 Å². The molecule has 1 unspecified atom stereocenters. The minimum absolute atomic E-state index is 0.307. The maximum Gasteiger partial charge on any atom is 0.128 e. The topological polar surface area (TPSA) is 47.3 Å². The second-order valence-electron chi connectivity index (χ2n) is 4.45. The predicted molar refractivity (Wildman–Crippen MR) is 60.5 cm³/mol. The summed E-state index contributed by atoms with van der Waals surface area (Å²) in [5.74, 6) is -0.875. The number of hydrogen-bond acceptors (Lipinski definition) is 3. The van der Waals surface area contributed by atoms with Gasteiger partial charge < -0.3 is 15.8 Å². The van der Waals surface area contributed by atoms with Crippen molar-refractivity contribution in [3.63, 3.8) is 0 Å². The van der Waals surface area contributed by atoms with Crippen LogP contribution in [0.1, 0.15) is 11.6 Å². The third kappa shape index (κ3) is 2.06. The molecule has 0 bridgehead atoms. The zero-order valence-electron chi connectivity index (χ0n) is 9.67. The number of halogens is 2. The van der Waals surface area contributed by atoms with E-state index in [0.29, 0.717) is 25.3 Å². The molecule has 1 fully saturated rings. The lowest BCUT2D eigenvalue weighted by Gasteiger charge is -2.46. The molecule has 1 atom stereocenters. The van der Waals surface area contributed by atoms with Gasteiger partial charge in [-0.1, -0.05) is 0 Å². The minimum Gasteiger partial charge on any atom is -0.380 e.